The van der Waals surface area contributed by atoms with Gasteiger partial charge in [-0.1, -0.05) is 24.2 Å². The second-order valence-electron chi connectivity index (χ2n) is 2.22. The molecule has 0 atom stereocenters. The van der Waals surface area contributed by atoms with Crippen molar-refractivity contribution < 1.29 is 4.39 Å². The molecular weight excluding hydrogens is 177 g/mol. The van der Waals surface area contributed by atoms with Gasteiger partial charge < -0.3 is 0 Å². The van der Waals surface area contributed by atoms with Crippen LogP contribution in [0.15, 0.2) is 24.8 Å². The molecule has 0 aliphatic heterocycles. The maximum Gasteiger partial charge on any atom is 0.141 e. The van der Waals surface area contributed by atoms with Gasteiger partial charge in [-0.25, -0.2) is 4.39 Å². The number of hydrogen-bond donors (Lipinski definition) is 0. The Morgan fingerprint density at radius 2 is 2.25 bits per heavy atom. The van der Waals surface area contributed by atoms with Crippen molar-refractivity contribution in [2.75, 3.05) is 0 Å². The van der Waals surface area contributed by atoms with Crippen LogP contribution >= 0.6 is 11.6 Å². The van der Waals surface area contributed by atoms with Gasteiger partial charge in [-0.15, -0.1) is 0 Å². The van der Waals surface area contributed by atoms with Crippen LogP contribution in [0.4, 0.5) is 4.39 Å². The van der Waals surface area contributed by atoms with E-state index in [1.807, 2.05) is 6.07 Å². The third-order valence-electron chi connectivity index (χ3n) is 1.40. The monoisotopic (exact) mass is 181 g/mol. The average molecular weight is 182 g/mol. The molecule has 1 rings (SSSR count). The number of nitrogens with zero attached hydrogens (tertiary/aromatic N) is 1. The average Bonchev–Trinajstić information content (AvgIpc) is 2.08. The Morgan fingerprint density at radius 3 is 2.75 bits per heavy atom. The van der Waals surface area contributed by atoms with Crippen molar-refractivity contribution >= 4 is 17.2 Å². The molecule has 1 aromatic carbocycles. The molecule has 0 spiro atoms. The van der Waals surface area contributed by atoms with Gasteiger partial charge in [0.1, 0.15) is 5.82 Å². The van der Waals surface area contributed by atoms with Crippen LogP contribution in [0.25, 0.3) is 5.57 Å². The summed E-state index contributed by atoms with van der Waals surface area (Å²) in [5.74, 6) is -0.494. The Bertz CT molecular complexity index is 365. The van der Waals surface area contributed by atoms with Gasteiger partial charge >= 0.3 is 0 Å². The number of halogens is 2. The fourth-order valence-corrected chi connectivity index (χ4v) is 0.929. The summed E-state index contributed by atoms with van der Waals surface area (Å²) in [5.41, 5.74) is 0.820. The Hall–Kier alpha value is -1.33. The van der Waals surface area contributed by atoms with Crippen molar-refractivity contribution in [2.24, 2.45) is 0 Å². The molecule has 0 saturated heterocycles. The first-order chi connectivity index (χ1) is 5.65. The SMILES string of the molecule is C=C(C#N)c1ccc(F)c(Cl)c1. The number of rotatable bonds is 1. The number of hydrogen-bond acceptors (Lipinski definition) is 1. The highest BCUT2D eigenvalue weighted by molar-refractivity contribution is 6.30. The third kappa shape index (κ3) is 1.63. The quantitative estimate of drug-likeness (QED) is 0.611. The first-order valence-corrected chi connectivity index (χ1v) is 3.57. The summed E-state index contributed by atoms with van der Waals surface area (Å²) >= 11 is 5.49. The van der Waals surface area contributed by atoms with Crippen molar-refractivity contribution in [1.82, 2.24) is 0 Å². The van der Waals surface area contributed by atoms with E-state index in [0.29, 0.717) is 5.56 Å². The molecule has 0 fully saturated rings. The predicted molar refractivity (Wildman–Crippen MR) is 46.1 cm³/mol. The molecule has 0 heterocycles. The van der Waals surface area contributed by atoms with Crippen LogP contribution in [0.1, 0.15) is 5.56 Å². The molecule has 0 unspecified atom stereocenters. The fraction of sp³-hybridized carbons (Fsp3) is 0. The van der Waals surface area contributed by atoms with Crippen molar-refractivity contribution in [3.05, 3.63) is 41.2 Å². The molecular formula is C9H5ClFN. The van der Waals surface area contributed by atoms with Crippen LogP contribution in [-0.2, 0) is 0 Å². The van der Waals surface area contributed by atoms with Crippen molar-refractivity contribution in [2.45, 2.75) is 0 Å². The molecule has 3 heteroatoms. The van der Waals surface area contributed by atoms with Gasteiger partial charge in [0.05, 0.1) is 16.7 Å². The highest BCUT2D eigenvalue weighted by Gasteiger charge is 2.02. The molecule has 0 aliphatic carbocycles. The van der Waals surface area contributed by atoms with Gasteiger partial charge in [0.25, 0.3) is 0 Å². The van der Waals surface area contributed by atoms with Crippen LogP contribution in [0, 0.1) is 17.1 Å². The molecule has 60 valence electrons. The summed E-state index contributed by atoms with van der Waals surface area (Å²) in [6.45, 7) is 3.47. The van der Waals surface area contributed by atoms with Crippen LogP contribution in [0.5, 0.6) is 0 Å². The van der Waals surface area contributed by atoms with Crippen LogP contribution in [0.3, 0.4) is 0 Å². The normalized spacial score (nSPS) is 9.08. The van der Waals surface area contributed by atoms with Crippen molar-refractivity contribution in [3.63, 3.8) is 0 Å². The maximum absolute atomic E-state index is 12.6. The van der Waals surface area contributed by atoms with E-state index >= 15 is 0 Å². The van der Waals surface area contributed by atoms with E-state index in [-0.39, 0.29) is 10.6 Å². The van der Waals surface area contributed by atoms with Crippen LogP contribution in [0.2, 0.25) is 5.02 Å². The van der Waals surface area contributed by atoms with Gasteiger partial charge in [0.15, 0.2) is 0 Å². The molecule has 12 heavy (non-hydrogen) atoms. The minimum absolute atomic E-state index is 0.00361. The van der Waals surface area contributed by atoms with E-state index < -0.39 is 5.82 Å². The van der Waals surface area contributed by atoms with E-state index in [2.05, 4.69) is 6.58 Å². The van der Waals surface area contributed by atoms with E-state index in [1.165, 1.54) is 18.2 Å². The summed E-state index contributed by atoms with van der Waals surface area (Å²) in [6, 6.07) is 5.90. The van der Waals surface area contributed by atoms with Gasteiger partial charge in [0.2, 0.25) is 0 Å². The molecule has 0 N–H and O–H groups in total. The molecule has 0 radical (unpaired) electrons. The van der Waals surface area contributed by atoms with Gasteiger partial charge in [-0.2, -0.15) is 5.26 Å². The zero-order chi connectivity index (χ0) is 9.14. The first kappa shape index (κ1) is 8.76. The molecule has 0 amide bonds. The zero-order valence-electron chi connectivity index (χ0n) is 6.14. The molecule has 0 bridgehead atoms. The van der Waals surface area contributed by atoms with Gasteiger partial charge in [0, 0.05) is 0 Å². The number of nitriles is 1. The predicted octanol–water partition coefficient (Wildman–Crippen LogP) is 3.02. The maximum atomic E-state index is 12.6. The van der Waals surface area contributed by atoms with Crippen LogP contribution in [-0.4, -0.2) is 0 Å². The molecule has 1 nitrogen and oxygen atoms in total. The van der Waals surface area contributed by atoms with Gasteiger partial charge in [-0.05, 0) is 17.7 Å². The highest BCUT2D eigenvalue weighted by Crippen LogP contribution is 2.19. The van der Waals surface area contributed by atoms with E-state index in [1.54, 1.807) is 0 Å². The third-order valence-corrected chi connectivity index (χ3v) is 1.69. The Morgan fingerprint density at radius 1 is 1.58 bits per heavy atom. The lowest BCUT2D eigenvalue weighted by molar-refractivity contribution is 0.628. The molecule has 0 aromatic heterocycles. The lowest BCUT2D eigenvalue weighted by Crippen LogP contribution is -1.82. The fourth-order valence-electron chi connectivity index (χ4n) is 0.748. The van der Waals surface area contributed by atoms with Crippen molar-refractivity contribution in [3.8, 4) is 6.07 Å². The summed E-state index contributed by atoms with van der Waals surface area (Å²) < 4.78 is 12.6. The van der Waals surface area contributed by atoms with Crippen LogP contribution < -0.4 is 0 Å². The summed E-state index contributed by atoms with van der Waals surface area (Å²) in [7, 11) is 0. The minimum atomic E-state index is -0.494. The molecule has 1 aromatic rings. The van der Waals surface area contributed by atoms with E-state index in [4.69, 9.17) is 16.9 Å². The number of allylic oxidation sites excluding steroid dienone is 1. The number of benzene rings is 1. The summed E-state index contributed by atoms with van der Waals surface area (Å²) in [4.78, 5) is 0. The summed E-state index contributed by atoms with van der Waals surface area (Å²) in [5, 5.41) is 8.47. The largest absolute Gasteiger partial charge is 0.205 e. The Kier molecular flexibility index (Phi) is 2.47. The van der Waals surface area contributed by atoms with E-state index in [9.17, 15) is 4.39 Å². The first-order valence-electron chi connectivity index (χ1n) is 3.19. The van der Waals surface area contributed by atoms with Gasteiger partial charge in [-0.3, -0.25) is 0 Å². The smallest absolute Gasteiger partial charge is 0.141 e. The summed E-state index contributed by atoms with van der Waals surface area (Å²) in [6.07, 6.45) is 0. The van der Waals surface area contributed by atoms with E-state index in [0.717, 1.165) is 0 Å². The Labute approximate surface area is 74.7 Å². The lowest BCUT2D eigenvalue weighted by atomic mass is 10.1. The highest BCUT2D eigenvalue weighted by atomic mass is 35.5. The lowest BCUT2D eigenvalue weighted by Gasteiger charge is -1.97. The second-order valence-corrected chi connectivity index (χ2v) is 2.63. The topological polar surface area (TPSA) is 23.8 Å². The van der Waals surface area contributed by atoms with Crippen molar-refractivity contribution in [1.29, 1.82) is 5.26 Å². The Balaban J connectivity index is 3.15. The molecule has 0 saturated carbocycles. The zero-order valence-corrected chi connectivity index (χ0v) is 6.90. The standard InChI is InChI=1S/C9H5ClFN/c1-6(5-12)7-2-3-9(11)8(10)4-7/h2-4H,1H2. The molecule has 0 aliphatic rings. The second kappa shape index (κ2) is 3.38. The minimum Gasteiger partial charge on any atom is -0.205 e.